The van der Waals surface area contributed by atoms with Crippen molar-refractivity contribution in [2.45, 2.75) is 19.3 Å². The normalized spacial score (nSPS) is 17.2. The van der Waals surface area contributed by atoms with Crippen LogP contribution in [0.5, 0.6) is 0 Å². The second-order valence-corrected chi connectivity index (χ2v) is 4.30. The van der Waals surface area contributed by atoms with Crippen molar-refractivity contribution in [1.82, 2.24) is 9.71 Å². The topological polar surface area (TPSA) is 99.9 Å². The number of hydrogen-bond acceptors (Lipinski definition) is 6. The molecule has 2 heterocycles. The molecule has 1 aromatic rings. The summed E-state index contributed by atoms with van der Waals surface area (Å²) in [5.41, 5.74) is 5.97. The van der Waals surface area contributed by atoms with E-state index in [-0.39, 0.29) is 19.1 Å². The van der Waals surface area contributed by atoms with Gasteiger partial charge in [0.2, 0.25) is 5.95 Å². The van der Waals surface area contributed by atoms with Crippen LogP contribution in [0.2, 0.25) is 0 Å². The second kappa shape index (κ2) is 5.72. The van der Waals surface area contributed by atoms with Crippen molar-refractivity contribution in [3.05, 3.63) is 11.6 Å². The van der Waals surface area contributed by atoms with Crippen LogP contribution in [0.4, 0.5) is 11.8 Å². The Hall–Kier alpha value is -1.76. The molecule has 7 heteroatoms. The number of aromatic nitrogens is 2. The number of nitrogens with two attached hydrogens (primary N) is 1. The molecule has 100 valence electrons. The van der Waals surface area contributed by atoms with E-state index in [1.165, 1.54) is 6.42 Å². The highest BCUT2D eigenvalue weighted by molar-refractivity contribution is 5.41. The van der Waals surface area contributed by atoms with Crippen molar-refractivity contribution in [3.8, 4) is 0 Å². The lowest BCUT2D eigenvalue weighted by Gasteiger charge is -2.27. The molecule has 1 aromatic heterocycles. The smallest absolute Gasteiger partial charge is 0.238 e. The van der Waals surface area contributed by atoms with Gasteiger partial charge in [-0.1, -0.05) is 0 Å². The summed E-state index contributed by atoms with van der Waals surface area (Å²) in [7, 11) is 0. The highest BCUT2D eigenvalue weighted by Crippen LogP contribution is 2.16. The SMILES string of the molecule is Nc1nc(N2CCCCC2)cc(=NCCO)n1O. The van der Waals surface area contributed by atoms with Gasteiger partial charge < -0.3 is 20.9 Å². The number of hydrogen-bond donors (Lipinski definition) is 3. The van der Waals surface area contributed by atoms with Gasteiger partial charge in [0, 0.05) is 19.2 Å². The maximum absolute atomic E-state index is 9.68. The van der Waals surface area contributed by atoms with Crippen LogP contribution in [0.25, 0.3) is 0 Å². The van der Waals surface area contributed by atoms with E-state index in [1.807, 2.05) is 0 Å². The Morgan fingerprint density at radius 1 is 1.33 bits per heavy atom. The molecule has 4 N–H and O–H groups in total. The molecule has 0 radical (unpaired) electrons. The highest BCUT2D eigenvalue weighted by atomic mass is 16.5. The molecule has 0 spiro atoms. The van der Waals surface area contributed by atoms with E-state index in [4.69, 9.17) is 10.8 Å². The van der Waals surface area contributed by atoms with Crippen molar-refractivity contribution in [2.75, 3.05) is 36.9 Å². The molecule has 7 nitrogen and oxygen atoms in total. The van der Waals surface area contributed by atoms with E-state index < -0.39 is 0 Å². The predicted molar refractivity (Wildman–Crippen MR) is 67.4 cm³/mol. The first-order valence-corrected chi connectivity index (χ1v) is 6.17. The Labute approximate surface area is 105 Å². The van der Waals surface area contributed by atoms with Gasteiger partial charge in [0.25, 0.3) is 0 Å². The van der Waals surface area contributed by atoms with E-state index in [0.717, 1.165) is 36.5 Å². The van der Waals surface area contributed by atoms with Gasteiger partial charge >= 0.3 is 0 Å². The van der Waals surface area contributed by atoms with Crippen LogP contribution >= 0.6 is 0 Å². The lowest BCUT2D eigenvalue weighted by Crippen LogP contribution is -2.33. The largest absolute Gasteiger partial charge is 0.423 e. The fourth-order valence-electron chi connectivity index (χ4n) is 2.05. The van der Waals surface area contributed by atoms with Crippen LogP contribution < -0.4 is 16.1 Å². The minimum atomic E-state index is -0.0682. The van der Waals surface area contributed by atoms with Gasteiger partial charge in [-0.05, 0) is 19.3 Å². The number of nitrogen functional groups attached to an aromatic ring is 1. The lowest BCUT2D eigenvalue weighted by atomic mass is 10.1. The van der Waals surface area contributed by atoms with Crippen molar-refractivity contribution < 1.29 is 10.3 Å². The first-order valence-electron chi connectivity index (χ1n) is 6.17. The Morgan fingerprint density at radius 3 is 2.72 bits per heavy atom. The van der Waals surface area contributed by atoms with Gasteiger partial charge in [-0.3, -0.25) is 4.99 Å². The van der Waals surface area contributed by atoms with Gasteiger partial charge in [-0.2, -0.15) is 4.98 Å². The fourth-order valence-corrected chi connectivity index (χ4v) is 2.05. The third-order valence-electron chi connectivity index (χ3n) is 2.98. The van der Waals surface area contributed by atoms with Crippen LogP contribution in [-0.4, -0.2) is 46.3 Å². The van der Waals surface area contributed by atoms with Crippen LogP contribution in [0.3, 0.4) is 0 Å². The molecule has 0 bridgehead atoms. The Kier molecular flexibility index (Phi) is 4.03. The monoisotopic (exact) mass is 253 g/mol. The van der Waals surface area contributed by atoms with Gasteiger partial charge in [0.05, 0.1) is 13.2 Å². The fraction of sp³-hybridized carbons (Fsp3) is 0.636. The van der Waals surface area contributed by atoms with Crippen molar-refractivity contribution in [3.63, 3.8) is 0 Å². The summed E-state index contributed by atoms with van der Waals surface area (Å²) < 4.78 is 0.739. The number of aliphatic hydroxyl groups is 1. The third kappa shape index (κ3) is 2.73. The molecule has 2 rings (SSSR count). The molecular formula is C11H19N5O2. The summed E-state index contributed by atoms with van der Waals surface area (Å²) in [5.74, 6) is 0.740. The Bertz CT molecular complexity index is 465. The van der Waals surface area contributed by atoms with Crippen molar-refractivity contribution in [2.24, 2.45) is 4.99 Å². The summed E-state index contributed by atoms with van der Waals surface area (Å²) >= 11 is 0. The number of rotatable bonds is 3. The number of anilines is 2. The summed E-state index contributed by atoms with van der Waals surface area (Å²) in [5, 5.41) is 18.4. The minimum Gasteiger partial charge on any atom is -0.423 e. The molecule has 1 saturated heterocycles. The van der Waals surface area contributed by atoms with E-state index in [9.17, 15) is 5.21 Å². The zero-order valence-corrected chi connectivity index (χ0v) is 10.3. The molecule has 0 amide bonds. The predicted octanol–water partition coefficient (Wildman–Crippen LogP) is -0.414. The average molecular weight is 253 g/mol. The number of piperidine rings is 1. The standard InChI is InChI=1S/C11H19N5O2/c12-11-14-10(15-5-2-1-3-6-15)8-9(16(11)18)13-4-7-17/h8,17-18H,1-7H2,(H2,12,14). The molecule has 0 unspecified atom stereocenters. The third-order valence-corrected chi connectivity index (χ3v) is 2.98. The van der Waals surface area contributed by atoms with Gasteiger partial charge in [-0.25, -0.2) is 0 Å². The first-order chi connectivity index (χ1) is 8.72. The lowest BCUT2D eigenvalue weighted by molar-refractivity contribution is 0.174. The van der Waals surface area contributed by atoms with E-state index in [1.54, 1.807) is 6.07 Å². The summed E-state index contributed by atoms with van der Waals surface area (Å²) in [6, 6.07) is 1.69. The van der Waals surface area contributed by atoms with Crippen LogP contribution in [-0.2, 0) is 0 Å². The molecule has 0 aliphatic carbocycles. The molecule has 18 heavy (non-hydrogen) atoms. The van der Waals surface area contributed by atoms with Gasteiger partial charge in [0.1, 0.15) is 5.82 Å². The maximum atomic E-state index is 9.68. The van der Waals surface area contributed by atoms with Crippen LogP contribution in [0.15, 0.2) is 11.1 Å². The van der Waals surface area contributed by atoms with Gasteiger partial charge in [0.15, 0.2) is 5.49 Å². The van der Waals surface area contributed by atoms with Crippen molar-refractivity contribution in [1.29, 1.82) is 0 Å². The zero-order chi connectivity index (χ0) is 13.0. The molecular weight excluding hydrogens is 234 g/mol. The van der Waals surface area contributed by atoms with Crippen LogP contribution in [0.1, 0.15) is 19.3 Å². The summed E-state index contributed by atoms with van der Waals surface area (Å²) in [6.45, 7) is 2.05. The molecule has 1 fully saturated rings. The number of nitrogens with zero attached hydrogens (tertiary/aromatic N) is 4. The van der Waals surface area contributed by atoms with E-state index in [0.29, 0.717) is 5.49 Å². The molecule has 0 aromatic carbocycles. The Morgan fingerprint density at radius 2 is 2.06 bits per heavy atom. The van der Waals surface area contributed by atoms with E-state index in [2.05, 4.69) is 14.9 Å². The highest BCUT2D eigenvalue weighted by Gasteiger charge is 2.14. The molecule has 0 saturated carbocycles. The molecule has 1 aliphatic rings. The first kappa shape index (κ1) is 12.7. The van der Waals surface area contributed by atoms with Crippen LogP contribution in [0, 0.1) is 0 Å². The van der Waals surface area contributed by atoms with E-state index >= 15 is 0 Å². The van der Waals surface area contributed by atoms with Gasteiger partial charge in [-0.15, -0.1) is 4.73 Å². The summed E-state index contributed by atoms with van der Waals surface area (Å²) in [6.07, 6.45) is 3.51. The summed E-state index contributed by atoms with van der Waals surface area (Å²) in [4.78, 5) is 10.4. The second-order valence-electron chi connectivity index (χ2n) is 4.30. The number of aliphatic hydroxyl groups excluding tert-OH is 1. The maximum Gasteiger partial charge on any atom is 0.238 e. The van der Waals surface area contributed by atoms with Crippen molar-refractivity contribution >= 4 is 11.8 Å². The molecule has 1 aliphatic heterocycles. The zero-order valence-electron chi connectivity index (χ0n) is 10.3. The minimum absolute atomic E-state index is 0.00904. The average Bonchev–Trinajstić information content (AvgIpc) is 2.41. The Balaban J connectivity index is 2.33. The molecule has 0 atom stereocenters. The quantitative estimate of drug-likeness (QED) is 0.636.